The summed E-state index contributed by atoms with van der Waals surface area (Å²) in [5.74, 6) is 0.663. The van der Waals surface area contributed by atoms with Crippen LogP contribution in [0.1, 0.15) is 80.5 Å². The molecule has 4 rings (SSSR count). The summed E-state index contributed by atoms with van der Waals surface area (Å²) in [6, 6.07) is 23.3. The molecule has 4 aromatic carbocycles. The van der Waals surface area contributed by atoms with Crippen LogP contribution < -0.4 is 14.2 Å². The summed E-state index contributed by atoms with van der Waals surface area (Å²) < 4.78 is 35.5. The van der Waals surface area contributed by atoms with Gasteiger partial charge in [-0.3, -0.25) is 4.79 Å². The summed E-state index contributed by atoms with van der Waals surface area (Å²) in [5.41, 5.74) is 3.07. The lowest BCUT2D eigenvalue weighted by atomic mass is 10.0. The van der Waals surface area contributed by atoms with Gasteiger partial charge >= 0.3 is 11.9 Å². The summed E-state index contributed by atoms with van der Waals surface area (Å²) in [6.45, 7) is 12.3. The van der Waals surface area contributed by atoms with Crippen LogP contribution in [-0.2, 0) is 20.7 Å². The Hall–Kier alpha value is -5.17. The van der Waals surface area contributed by atoms with Crippen molar-refractivity contribution in [3.8, 4) is 17.2 Å². The Labute approximate surface area is 302 Å². The van der Waals surface area contributed by atoms with Crippen molar-refractivity contribution < 1.29 is 32.9 Å². The first kappa shape index (κ1) is 40.3. The fourth-order valence-corrected chi connectivity index (χ4v) is 5.16. The van der Waals surface area contributed by atoms with Gasteiger partial charge in [0.15, 0.2) is 0 Å². The molecule has 4 aromatic rings. The van der Waals surface area contributed by atoms with E-state index in [2.05, 4.69) is 62.6 Å². The second-order valence-electron chi connectivity index (χ2n) is 12.1. The zero-order valence-electron chi connectivity index (χ0n) is 30.3. The molecule has 0 aliphatic carbocycles. The van der Waals surface area contributed by atoms with Gasteiger partial charge in [0, 0.05) is 6.08 Å². The van der Waals surface area contributed by atoms with Gasteiger partial charge in [-0.2, -0.15) is 0 Å². The molecule has 0 atom stereocenters. The fourth-order valence-electron chi connectivity index (χ4n) is 5.16. The van der Waals surface area contributed by atoms with E-state index in [4.69, 9.17) is 18.9 Å². The first-order valence-corrected chi connectivity index (χ1v) is 17.6. The number of unbranched alkanes of at least 4 members (excludes halogenated alkanes) is 5. The van der Waals surface area contributed by atoms with E-state index in [9.17, 15) is 14.0 Å². The van der Waals surface area contributed by atoms with Crippen LogP contribution in [0.25, 0.3) is 22.9 Å². The maximum Gasteiger partial charge on any atom is 0.330 e. The summed E-state index contributed by atoms with van der Waals surface area (Å²) in [5, 5.41) is 2.44. The molecular formula is C44H51FO6. The third kappa shape index (κ3) is 14.3. The number of rotatable bonds is 19. The van der Waals surface area contributed by atoms with Crippen molar-refractivity contribution in [1.82, 2.24) is 0 Å². The largest absolute Gasteiger partial charge is 0.496 e. The molecule has 0 unspecified atom stereocenters. The first-order chi connectivity index (χ1) is 24.8. The minimum Gasteiger partial charge on any atom is -0.496 e. The van der Waals surface area contributed by atoms with Crippen molar-refractivity contribution in [2.45, 2.75) is 71.6 Å². The van der Waals surface area contributed by atoms with E-state index in [1.807, 2.05) is 25.1 Å². The third-order valence-corrected chi connectivity index (χ3v) is 8.08. The van der Waals surface area contributed by atoms with Crippen LogP contribution in [0.15, 0.2) is 98.1 Å². The van der Waals surface area contributed by atoms with Gasteiger partial charge in [-0.1, -0.05) is 93.1 Å². The van der Waals surface area contributed by atoms with Crippen molar-refractivity contribution in [1.29, 1.82) is 0 Å². The Morgan fingerprint density at radius 1 is 0.824 bits per heavy atom. The first-order valence-electron chi connectivity index (χ1n) is 17.6. The van der Waals surface area contributed by atoms with Gasteiger partial charge < -0.3 is 18.9 Å². The maximum atomic E-state index is 14.3. The Balaban J connectivity index is 0.000000281. The number of hydrogen-bond acceptors (Lipinski definition) is 6. The van der Waals surface area contributed by atoms with Crippen molar-refractivity contribution >= 4 is 34.9 Å². The molecule has 270 valence electrons. The summed E-state index contributed by atoms with van der Waals surface area (Å²) in [4.78, 5) is 22.8. The molecule has 0 saturated carbocycles. The van der Waals surface area contributed by atoms with Crippen molar-refractivity contribution in [3.63, 3.8) is 0 Å². The molecule has 0 spiro atoms. The van der Waals surface area contributed by atoms with E-state index >= 15 is 0 Å². The monoisotopic (exact) mass is 694 g/mol. The maximum absolute atomic E-state index is 14.3. The van der Waals surface area contributed by atoms with E-state index in [0.29, 0.717) is 35.8 Å². The van der Waals surface area contributed by atoms with E-state index in [0.717, 1.165) is 43.4 Å². The minimum absolute atomic E-state index is 0.0910. The van der Waals surface area contributed by atoms with Crippen LogP contribution in [-0.4, -0.2) is 32.3 Å². The standard InChI is InChI=1S/C25H32O3.C19H19FO3/c1-3-5-6-9-12-21-13-14-23-20-24(16-15-22(23)19-21)27-17-10-7-8-11-18-28-25(26)4-2;1-4-16-17(22-3)11-7-14(19(16)20)8-12-18(21)23-15-9-5-13(2)6-10-15/h4,9,12-16,19-20H,2-3,5-8,10-11,17-18H2,1H3;4-7,9-11H,1,8,12H2,2-3H3/b12-9-;. The van der Waals surface area contributed by atoms with E-state index in [1.54, 1.807) is 24.3 Å². The Morgan fingerprint density at radius 3 is 2.24 bits per heavy atom. The number of fused-ring (bicyclic) bond motifs is 1. The van der Waals surface area contributed by atoms with Crippen molar-refractivity contribution in [2.24, 2.45) is 0 Å². The lowest BCUT2D eigenvalue weighted by Gasteiger charge is -2.10. The second-order valence-corrected chi connectivity index (χ2v) is 12.1. The summed E-state index contributed by atoms with van der Waals surface area (Å²) >= 11 is 0. The SMILES string of the molecule is C=CC(=O)OCCCCCCOc1ccc2cc(/C=C\CCCC)ccc2c1.C=Cc1c(OC)ccc(CCC(=O)Oc2ccc(C)cc2)c1F. The average molecular weight is 695 g/mol. The summed E-state index contributed by atoms with van der Waals surface area (Å²) in [7, 11) is 1.47. The molecule has 0 heterocycles. The molecule has 0 radical (unpaired) electrons. The topological polar surface area (TPSA) is 71.1 Å². The highest BCUT2D eigenvalue weighted by Gasteiger charge is 2.14. The Morgan fingerprint density at radius 2 is 1.53 bits per heavy atom. The minimum atomic E-state index is -0.414. The average Bonchev–Trinajstić information content (AvgIpc) is 3.14. The Bertz CT molecular complexity index is 1740. The van der Waals surface area contributed by atoms with Gasteiger partial charge in [-0.15, -0.1) is 0 Å². The highest BCUT2D eigenvalue weighted by molar-refractivity contribution is 5.86. The van der Waals surface area contributed by atoms with Gasteiger partial charge in [0.1, 0.15) is 23.1 Å². The van der Waals surface area contributed by atoms with E-state index < -0.39 is 11.8 Å². The molecule has 6 nitrogen and oxygen atoms in total. The fraction of sp³-hybridized carbons (Fsp3) is 0.318. The zero-order valence-corrected chi connectivity index (χ0v) is 30.3. The third-order valence-electron chi connectivity index (χ3n) is 8.08. The molecule has 0 aliphatic heterocycles. The second kappa shape index (κ2) is 22.5. The van der Waals surface area contributed by atoms with Crippen LogP contribution in [0, 0.1) is 12.7 Å². The highest BCUT2D eigenvalue weighted by Crippen LogP contribution is 2.26. The van der Waals surface area contributed by atoms with Gasteiger partial charge in [0.2, 0.25) is 0 Å². The quantitative estimate of drug-likeness (QED) is 0.0421. The number of carbonyl (C=O) groups excluding carboxylic acids is 2. The molecule has 0 bridgehead atoms. The van der Waals surface area contributed by atoms with Crippen LogP contribution in [0.4, 0.5) is 4.39 Å². The zero-order chi connectivity index (χ0) is 36.8. The molecule has 0 amide bonds. The smallest absolute Gasteiger partial charge is 0.330 e. The van der Waals surface area contributed by atoms with Crippen LogP contribution in [0.2, 0.25) is 0 Å². The van der Waals surface area contributed by atoms with Crippen LogP contribution in [0.5, 0.6) is 17.2 Å². The number of halogens is 1. The lowest BCUT2D eigenvalue weighted by Crippen LogP contribution is -2.10. The molecule has 0 N–H and O–H groups in total. The number of methoxy groups -OCH3 is 1. The van der Waals surface area contributed by atoms with Gasteiger partial charge in [0.05, 0.1) is 32.3 Å². The number of esters is 2. The normalized spacial score (nSPS) is 10.7. The molecule has 51 heavy (non-hydrogen) atoms. The summed E-state index contributed by atoms with van der Waals surface area (Å²) in [6.07, 6.45) is 15.0. The number of benzene rings is 4. The Kier molecular flexibility index (Phi) is 17.8. The molecule has 7 heteroatoms. The number of hydrogen-bond donors (Lipinski definition) is 0. The van der Waals surface area contributed by atoms with Crippen LogP contribution >= 0.6 is 0 Å². The molecule has 0 aliphatic rings. The molecular weight excluding hydrogens is 643 g/mol. The predicted octanol–water partition coefficient (Wildman–Crippen LogP) is 11.0. The van der Waals surface area contributed by atoms with Crippen LogP contribution in [0.3, 0.4) is 0 Å². The van der Waals surface area contributed by atoms with Crippen molar-refractivity contribution in [3.05, 3.63) is 126 Å². The number of aryl methyl sites for hydroxylation is 2. The molecule has 0 fully saturated rings. The molecule has 0 saturated heterocycles. The number of allylic oxidation sites excluding steroid dienone is 1. The van der Waals surface area contributed by atoms with E-state index in [1.165, 1.54) is 48.4 Å². The number of ether oxygens (including phenoxy) is 4. The predicted molar refractivity (Wildman–Crippen MR) is 206 cm³/mol. The van der Waals surface area contributed by atoms with E-state index in [-0.39, 0.29) is 18.8 Å². The highest BCUT2D eigenvalue weighted by atomic mass is 19.1. The molecule has 0 aromatic heterocycles. The van der Waals surface area contributed by atoms with Gasteiger partial charge in [0.25, 0.3) is 0 Å². The van der Waals surface area contributed by atoms with Gasteiger partial charge in [-0.25, -0.2) is 9.18 Å². The van der Waals surface area contributed by atoms with Gasteiger partial charge in [-0.05, 0) is 104 Å². The number of carbonyl (C=O) groups is 2. The lowest BCUT2D eigenvalue weighted by molar-refractivity contribution is -0.138. The van der Waals surface area contributed by atoms with Crippen molar-refractivity contribution in [2.75, 3.05) is 20.3 Å².